The van der Waals surface area contributed by atoms with E-state index >= 15 is 0 Å². The first kappa shape index (κ1) is 16.4. The van der Waals surface area contributed by atoms with Crippen LogP contribution in [-0.2, 0) is 0 Å². The van der Waals surface area contributed by atoms with E-state index < -0.39 is 0 Å². The predicted octanol–water partition coefficient (Wildman–Crippen LogP) is 4.35. The number of rotatable bonds is 4. The highest BCUT2D eigenvalue weighted by Crippen LogP contribution is 2.29. The van der Waals surface area contributed by atoms with Gasteiger partial charge in [0.05, 0.1) is 12.8 Å². The fourth-order valence-electron chi connectivity index (χ4n) is 2.57. The summed E-state index contributed by atoms with van der Waals surface area (Å²) < 4.78 is 5.25. The Morgan fingerprint density at radius 2 is 1.76 bits per heavy atom. The van der Waals surface area contributed by atoms with Gasteiger partial charge in [-0.15, -0.1) is 0 Å². The van der Waals surface area contributed by atoms with E-state index in [0.29, 0.717) is 11.1 Å². The second kappa shape index (κ2) is 7.40. The number of phenols is 1. The van der Waals surface area contributed by atoms with Crippen LogP contribution >= 0.6 is 0 Å². The van der Waals surface area contributed by atoms with Gasteiger partial charge in [0.25, 0.3) is 0 Å². The van der Waals surface area contributed by atoms with Gasteiger partial charge in [-0.3, -0.25) is 0 Å². The van der Waals surface area contributed by atoms with Gasteiger partial charge in [0.1, 0.15) is 11.5 Å². The lowest BCUT2D eigenvalue weighted by molar-refractivity contribution is 0.255. The molecule has 126 valence electrons. The van der Waals surface area contributed by atoms with Crippen molar-refractivity contribution >= 4 is 28.6 Å². The van der Waals surface area contributed by atoms with Crippen LogP contribution in [0.1, 0.15) is 5.56 Å². The third-order valence-electron chi connectivity index (χ3n) is 3.76. The normalized spacial score (nSPS) is 10.8. The molecule has 0 bridgehead atoms. The van der Waals surface area contributed by atoms with Crippen molar-refractivity contribution in [3.8, 4) is 11.5 Å². The molecule has 0 heterocycles. The topological polar surface area (TPSA) is 70.6 Å². The van der Waals surface area contributed by atoms with Gasteiger partial charge in [-0.25, -0.2) is 4.79 Å². The van der Waals surface area contributed by atoms with Crippen LogP contribution in [0.4, 0.5) is 10.5 Å². The molecule has 0 aromatic heterocycles. The number of anilines is 1. The molecule has 3 rings (SSSR count). The number of carbonyl (C=O) groups is 1. The standard InChI is InChI=1S/C20H18N2O3/c1-25-19-11-3-2-6-14(19)12-13-21-20(24)22-17-9-4-8-16-15(17)7-5-10-18(16)23/h2-13,23H,1H3,(H2,21,22,24)/b13-12+. The van der Waals surface area contributed by atoms with Gasteiger partial charge < -0.3 is 20.5 Å². The fraction of sp³-hybridized carbons (Fsp3) is 0.0500. The molecule has 0 atom stereocenters. The molecule has 0 aliphatic heterocycles. The maximum Gasteiger partial charge on any atom is 0.323 e. The van der Waals surface area contributed by atoms with Gasteiger partial charge in [0.15, 0.2) is 0 Å². The summed E-state index contributed by atoms with van der Waals surface area (Å²) in [5.74, 6) is 0.906. The van der Waals surface area contributed by atoms with Crippen LogP contribution in [-0.4, -0.2) is 18.2 Å². The monoisotopic (exact) mass is 334 g/mol. The Morgan fingerprint density at radius 3 is 2.60 bits per heavy atom. The van der Waals surface area contributed by atoms with Crippen LogP contribution in [0.2, 0.25) is 0 Å². The number of ether oxygens (including phenoxy) is 1. The Morgan fingerprint density at radius 1 is 1.00 bits per heavy atom. The van der Waals surface area contributed by atoms with Crippen molar-refractivity contribution in [2.75, 3.05) is 12.4 Å². The molecule has 0 saturated heterocycles. The van der Waals surface area contributed by atoms with Crippen molar-refractivity contribution in [3.05, 3.63) is 72.4 Å². The number of hydrogen-bond donors (Lipinski definition) is 3. The summed E-state index contributed by atoms with van der Waals surface area (Å²) in [4.78, 5) is 12.1. The number of phenolic OH excluding ortho intramolecular Hbond substituents is 1. The van der Waals surface area contributed by atoms with Crippen LogP contribution in [0.5, 0.6) is 11.5 Å². The number of aromatic hydroxyl groups is 1. The quantitative estimate of drug-likeness (QED) is 0.664. The van der Waals surface area contributed by atoms with E-state index in [1.165, 1.54) is 0 Å². The largest absolute Gasteiger partial charge is 0.507 e. The minimum Gasteiger partial charge on any atom is -0.507 e. The smallest absolute Gasteiger partial charge is 0.323 e. The number of carbonyl (C=O) groups excluding carboxylic acids is 1. The Hall–Kier alpha value is -3.47. The lowest BCUT2D eigenvalue weighted by Crippen LogP contribution is -2.23. The maximum atomic E-state index is 12.1. The molecule has 5 heteroatoms. The molecule has 0 spiro atoms. The zero-order valence-electron chi connectivity index (χ0n) is 13.7. The molecule has 0 aliphatic carbocycles. The van der Waals surface area contributed by atoms with E-state index in [2.05, 4.69) is 10.6 Å². The number of hydrogen-bond acceptors (Lipinski definition) is 3. The van der Waals surface area contributed by atoms with Gasteiger partial charge in [0.2, 0.25) is 0 Å². The zero-order chi connectivity index (χ0) is 17.6. The third-order valence-corrected chi connectivity index (χ3v) is 3.76. The van der Waals surface area contributed by atoms with Crippen molar-refractivity contribution < 1.29 is 14.6 Å². The second-order valence-corrected chi connectivity index (χ2v) is 5.35. The van der Waals surface area contributed by atoms with Gasteiger partial charge in [-0.2, -0.15) is 0 Å². The zero-order valence-corrected chi connectivity index (χ0v) is 13.7. The first-order chi connectivity index (χ1) is 12.2. The van der Waals surface area contributed by atoms with Gasteiger partial charge in [-0.1, -0.05) is 42.5 Å². The Bertz CT molecular complexity index is 935. The van der Waals surface area contributed by atoms with Crippen LogP contribution in [0, 0.1) is 0 Å². The number of urea groups is 1. The number of benzene rings is 3. The van der Waals surface area contributed by atoms with E-state index in [9.17, 15) is 9.90 Å². The molecular formula is C20H18N2O3. The number of nitrogens with one attached hydrogen (secondary N) is 2. The maximum absolute atomic E-state index is 12.1. The van der Waals surface area contributed by atoms with Crippen molar-refractivity contribution in [3.63, 3.8) is 0 Å². The summed E-state index contributed by atoms with van der Waals surface area (Å²) in [6.07, 6.45) is 3.31. The van der Waals surface area contributed by atoms with Crippen LogP contribution in [0.25, 0.3) is 16.8 Å². The molecule has 3 aromatic rings. The van der Waals surface area contributed by atoms with Crippen molar-refractivity contribution in [2.24, 2.45) is 0 Å². The summed E-state index contributed by atoms with van der Waals surface area (Å²) in [5, 5.41) is 16.8. The molecule has 0 saturated carbocycles. The molecule has 0 fully saturated rings. The lowest BCUT2D eigenvalue weighted by Gasteiger charge is -2.09. The van der Waals surface area contributed by atoms with E-state index in [-0.39, 0.29) is 11.8 Å². The van der Waals surface area contributed by atoms with Gasteiger partial charge in [-0.05, 0) is 24.3 Å². The highest BCUT2D eigenvalue weighted by Gasteiger charge is 2.06. The number of methoxy groups -OCH3 is 1. The number of amides is 2. The summed E-state index contributed by atoms with van der Waals surface area (Å²) in [5.41, 5.74) is 1.48. The molecule has 0 unspecified atom stereocenters. The van der Waals surface area contributed by atoms with E-state index in [1.807, 2.05) is 30.3 Å². The summed E-state index contributed by atoms with van der Waals surface area (Å²) in [7, 11) is 1.60. The molecule has 3 aromatic carbocycles. The minimum absolute atomic E-state index is 0.178. The molecule has 3 N–H and O–H groups in total. The van der Waals surface area contributed by atoms with Crippen molar-refractivity contribution in [2.45, 2.75) is 0 Å². The first-order valence-electron chi connectivity index (χ1n) is 7.77. The summed E-state index contributed by atoms with van der Waals surface area (Å²) in [6, 6.07) is 17.7. The highest BCUT2D eigenvalue weighted by molar-refractivity contribution is 6.03. The molecule has 2 amide bonds. The van der Waals surface area contributed by atoms with Gasteiger partial charge >= 0.3 is 6.03 Å². The second-order valence-electron chi connectivity index (χ2n) is 5.35. The third kappa shape index (κ3) is 3.72. The summed E-state index contributed by atoms with van der Waals surface area (Å²) in [6.45, 7) is 0. The van der Waals surface area contributed by atoms with Crippen molar-refractivity contribution in [1.29, 1.82) is 0 Å². The fourth-order valence-corrected chi connectivity index (χ4v) is 2.57. The lowest BCUT2D eigenvalue weighted by atomic mass is 10.1. The predicted molar refractivity (Wildman–Crippen MR) is 99.8 cm³/mol. The number of fused-ring (bicyclic) bond motifs is 1. The van der Waals surface area contributed by atoms with E-state index in [4.69, 9.17) is 4.74 Å². The van der Waals surface area contributed by atoms with Crippen LogP contribution in [0.3, 0.4) is 0 Å². The SMILES string of the molecule is COc1ccccc1/C=C/NC(=O)Nc1cccc2c(O)cccc12. The van der Waals surface area contributed by atoms with E-state index in [1.54, 1.807) is 49.7 Å². The van der Waals surface area contributed by atoms with Gasteiger partial charge in [0, 0.05) is 22.5 Å². The Labute approximate surface area is 145 Å². The molecular weight excluding hydrogens is 316 g/mol. The van der Waals surface area contributed by atoms with E-state index in [0.717, 1.165) is 16.7 Å². The molecule has 0 aliphatic rings. The van der Waals surface area contributed by atoms with Crippen molar-refractivity contribution in [1.82, 2.24) is 5.32 Å². The molecule has 5 nitrogen and oxygen atoms in total. The first-order valence-corrected chi connectivity index (χ1v) is 7.77. The van der Waals surface area contributed by atoms with Crippen LogP contribution in [0.15, 0.2) is 66.9 Å². The Balaban J connectivity index is 1.71. The average Bonchev–Trinajstić information content (AvgIpc) is 2.63. The Kier molecular flexibility index (Phi) is 4.85. The van der Waals surface area contributed by atoms with Crippen LogP contribution < -0.4 is 15.4 Å². The summed E-state index contributed by atoms with van der Waals surface area (Å²) >= 11 is 0. The number of para-hydroxylation sites is 1. The minimum atomic E-state index is -0.373. The molecule has 25 heavy (non-hydrogen) atoms. The highest BCUT2D eigenvalue weighted by atomic mass is 16.5. The molecule has 0 radical (unpaired) electrons. The average molecular weight is 334 g/mol.